The van der Waals surface area contributed by atoms with Gasteiger partial charge in [-0.05, 0) is 103 Å². The highest BCUT2D eigenvalue weighted by Crippen LogP contribution is 2.34. The maximum absolute atomic E-state index is 4.70. The van der Waals surface area contributed by atoms with E-state index in [0.29, 0.717) is 0 Å². The maximum atomic E-state index is 4.70. The van der Waals surface area contributed by atoms with E-state index in [1.54, 1.807) is 6.20 Å². The summed E-state index contributed by atoms with van der Waals surface area (Å²) in [5.41, 5.74) is 4.07. The van der Waals surface area contributed by atoms with Crippen LogP contribution in [0.4, 0.5) is 0 Å². The zero-order valence-corrected chi connectivity index (χ0v) is 18.4. The molecule has 2 heterocycles. The molecule has 0 aliphatic rings. The van der Waals surface area contributed by atoms with Gasteiger partial charge in [0.1, 0.15) is 0 Å². The van der Waals surface area contributed by atoms with Crippen LogP contribution >= 0.6 is 0 Å². The lowest BCUT2D eigenvalue weighted by atomic mass is 9.94. The van der Waals surface area contributed by atoms with Gasteiger partial charge >= 0.3 is 0 Å². The fourth-order valence-electron chi connectivity index (χ4n) is 4.94. The Morgan fingerprint density at radius 1 is 0.412 bits per heavy atom. The van der Waals surface area contributed by atoms with Gasteiger partial charge in [0, 0.05) is 18.0 Å². The molecule has 0 N–H and O–H groups in total. The highest BCUT2D eigenvalue weighted by atomic mass is 14.8. The molecule has 0 unspecified atom stereocenters. The van der Waals surface area contributed by atoms with Crippen molar-refractivity contribution >= 4 is 43.1 Å². The van der Waals surface area contributed by atoms with Gasteiger partial charge in [-0.2, -0.15) is 0 Å². The predicted octanol–water partition coefficient (Wildman–Crippen LogP) is 8.42. The number of benzene rings is 5. The molecule has 7 rings (SSSR count). The van der Waals surface area contributed by atoms with Gasteiger partial charge in [-0.25, -0.2) is 0 Å². The SMILES string of the molecule is c1ccc(-c2ccc(-c3cccc4cc5cc6cc7ccccc7cc6cc5cc34)cn2)nc1. The molecule has 0 bridgehead atoms. The van der Waals surface area contributed by atoms with Crippen molar-refractivity contribution in [2.24, 2.45) is 0 Å². The number of hydrogen-bond donors (Lipinski definition) is 0. The zero-order valence-electron chi connectivity index (χ0n) is 18.4. The fraction of sp³-hybridized carbons (Fsp3) is 0. The van der Waals surface area contributed by atoms with Crippen molar-refractivity contribution in [3.8, 4) is 22.5 Å². The summed E-state index contributed by atoms with van der Waals surface area (Å²) in [5.74, 6) is 0. The Kier molecular flexibility index (Phi) is 4.18. The topological polar surface area (TPSA) is 25.8 Å². The van der Waals surface area contributed by atoms with Gasteiger partial charge in [-0.15, -0.1) is 0 Å². The zero-order chi connectivity index (χ0) is 22.5. The molecule has 2 aromatic heterocycles. The lowest BCUT2D eigenvalue weighted by molar-refractivity contribution is 1.25. The van der Waals surface area contributed by atoms with Crippen LogP contribution in [0, 0.1) is 0 Å². The third kappa shape index (κ3) is 3.12. The number of rotatable bonds is 2. The second-order valence-electron chi connectivity index (χ2n) is 8.77. The van der Waals surface area contributed by atoms with Crippen LogP contribution in [0.5, 0.6) is 0 Å². The summed E-state index contributed by atoms with van der Waals surface area (Å²) in [7, 11) is 0. The summed E-state index contributed by atoms with van der Waals surface area (Å²) >= 11 is 0. The van der Waals surface area contributed by atoms with Gasteiger partial charge in [0.05, 0.1) is 11.4 Å². The third-order valence-electron chi connectivity index (χ3n) is 6.66. The van der Waals surface area contributed by atoms with Gasteiger partial charge < -0.3 is 0 Å². The molecule has 0 aliphatic carbocycles. The molecule has 5 aromatic carbocycles. The molecular formula is C32H20N2. The Bertz CT molecular complexity index is 1840. The quantitative estimate of drug-likeness (QED) is 0.256. The van der Waals surface area contributed by atoms with Crippen molar-refractivity contribution < 1.29 is 0 Å². The first-order chi connectivity index (χ1) is 16.8. The normalized spacial score (nSPS) is 11.5. The van der Waals surface area contributed by atoms with Crippen LogP contribution in [0.3, 0.4) is 0 Å². The standard InChI is InChI=1S/C32H20N2/c1-2-7-22-15-26-18-28-19-30-23(16-27(28)17-25(26)14-21(22)6-1)8-5-9-29(30)24-11-12-32(34-20-24)31-10-3-4-13-33-31/h1-20H. The molecule has 0 fully saturated rings. The molecule has 158 valence electrons. The summed E-state index contributed by atoms with van der Waals surface area (Å²) in [4.78, 5) is 9.12. The summed E-state index contributed by atoms with van der Waals surface area (Å²) in [5, 5.41) is 10.1. The average Bonchev–Trinajstić information content (AvgIpc) is 2.90. The number of hydrogen-bond acceptors (Lipinski definition) is 2. The van der Waals surface area contributed by atoms with Crippen LogP contribution < -0.4 is 0 Å². The van der Waals surface area contributed by atoms with Gasteiger partial charge in [-0.3, -0.25) is 9.97 Å². The van der Waals surface area contributed by atoms with Crippen LogP contribution in [-0.2, 0) is 0 Å². The van der Waals surface area contributed by atoms with E-state index in [0.717, 1.165) is 17.0 Å². The van der Waals surface area contributed by atoms with Crippen molar-refractivity contribution in [3.05, 3.63) is 122 Å². The number of nitrogens with zero attached hydrogens (tertiary/aromatic N) is 2. The number of pyridine rings is 2. The van der Waals surface area contributed by atoms with E-state index < -0.39 is 0 Å². The lowest BCUT2D eigenvalue weighted by Crippen LogP contribution is -1.88. The Labute approximate surface area is 197 Å². The highest BCUT2D eigenvalue weighted by Gasteiger charge is 2.09. The molecule has 2 nitrogen and oxygen atoms in total. The second kappa shape index (κ2) is 7.50. The van der Waals surface area contributed by atoms with E-state index in [2.05, 4.69) is 96.0 Å². The molecule has 7 aromatic rings. The minimum absolute atomic E-state index is 0.883. The van der Waals surface area contributed by atoms with Crippen LogP contribution in [0.25, 0.3) is 65.6 Å². The molecule has 0 amide bonds. The molecule has 0 radical (unpaired) electrons. The molecule has 0 saturated carbocycles. The third-order valence-corrected chi connectivity index (χ3v) is 6.66. The Balaban J connectivity index is 1.40. The predicted molar refractivity (Wildman–Crippen MR) is 143 cm³/mol. The molecule has 0 atom stereocenters. The van der Waals surface area contributed by atoms with Gasteiger partial charge in [0.2, 0.25) is 0 Å². The largest absolute Gasteiger partial charge is 0.255 e. The van der Waals surface area contributed by atoms with E-state index in [1.165, 1.54) is 48.7 Å². The summed E-state index contributed by atoms with van der Waals surface area (Å²) in [6, 6.07) is 39.0. The first-order valence-corrected chi connectivity index (χ1v) is 11.5. The molecule has 2 heteroatoms. The average molecular weight is 433 g/mol. The van der Waals surface area contributed by atoms with Crippen molar-refractivity contribution in [2.75, 3.05) is 0 Å². The van der Waals surface area contributed by atoms with E-state index in [9.17, 15) is 0 Å². The van der Waals surface area contributed by atoms with E-state index in [4.69, 9.17) is 4.98 Å². The van der Waals surface area contributed by atoms with Gasteiger partial charge in [0.15, 0.2) is 0 Å². The van der Waals surface area contributed by atoms with Crippen molar-refractivity contribution in [1.29, 1.82) is 0 Å². The summed E-state index contributed by atoms with van der Waals surface area (Å²) < 4.78 is 0. The monoisotopic (exact) mass is 432 g/mol. The van der Waals surface area contributed by atoms with E-state index in [-0.39, 0.29) is 0 Å². The van der Waals surface area contributed by atoms with Crippen molar-refractivity contribution in [3.63, 3.8) is 0 Å². The van der Waals surface area contributed by atoms with Gasteiger partial charge in [0.25, 0.3) is 0 Å². The minimum Gasteiger partial charge on any atom is -0.255 e. The van der Waals surface area contributed by atoms with Gasteiger partial charge in [-0.1, -0.05) is 54.6 Å². The van der Waals surface area contributed by atoms with Crippen LogP contribution in [0.2, 0.25) is 0 Å². The maximum Gasteiger partial charge on any atom is 0.0886 e. The molecule has 0 spiro atoms. The highest BCUT2D eigenvalue weighted by molar-refractivity contribution is 6.10. The molecule has 34 heavy (non-hydrogen) atoms. The minimum atomic E-state index is 0.883. The number of fused-ring (bicyclic) bond motifs is 4. The second-order valence-corrected chi connectivity index (χ2v) is 8.77. The molecule has 0 saturated heterocycles. The fourth-order valence-corrected chi connectivity index (χ4v) is 4.94. The van der Waals surface area contributed by atoms with Crippen molar-refractivity contribution in [1.82, 2.24) is 9.97 Å². The van der Waals surface area contributed by atoms with Crippen LogP contribution in [0.15, 0.2) is 122 Å². The molecular weight excluding hydrogens is 412 g/mol. The Morgan fingerprint density at radius 2 is 1.03 bits per heavy atom. The van der Waals surface area contributed by atoms with E-state index in [1.807, 2.05) is 24.4 Å². The van der Waals surface area contributed by atoms with E-state index >= 15 is 0 Å². The smallest absolute Gasteiger partial charge is 0.0886 e. The van der Waals surface area contributed by atoms with Crippen LogP contribution in [0.1, 0.15) is 0 Å². The van der Waals surface area contributed by atoms with Crippen molar-refractivity contribution in [2.45, 2.75) is 0 Å². The number of aromatic nitrogens is 2. The first kappa shape index (κ1) is 19.0. The summed E-state index contributed by atoms with van der Waals surface area (Å²) in [6.45, 7) is 0. The Hall–Kier alpha value is -4.56. The summed E-state index contributed by atoms with van der Waals surface area (Å²) in [6.07, 6.45) is 3.75. The lowest BCUT2D eigenvalue weighted by Gasteiger charge is -2.11. The van der Waals surface area contributed by atoms with Crippen LogP contribution in [-0.4, -0.2) is 9.97 Å². The first-order valence-electron chi connectivity index (χ1n) is 11.5. The molecule has 0 aliphatic heterocycles. The Morgan fingerprint density at radius 3 is 1.71 bits per heavy atom.